The SMILES string of the molecule is COC(=O)c1cc(NC(=O)CBr)c(F)cc1F. The van der Waals surface area contributed by atoms with Gasteiger partial charge in [-0.2, -0.15) is 0 Å². The molecule has 1 aromatic rings. The van der Waals surface area contributed by atoms with E-state index < -0.39 is 29.1 Å². The summed E-state index contributed by atoms with van der Waals surface area (Å²) in [7, 11) is 1.07. The number of rotatable bonds is 3. The normalized spacial score (nSPS) is 9.88. The summed E-state index contributed by atoms with van der Waals surface area (Å²) in [6.45, 7) is 0. The highest BCUT2D eigenvalue weighted by Crippen LogP contribution is 2.20. The van der Waals surface area contributed by atoms with E-state index in [9.17, 15) is 18.4 Å². The van der Waals surface area contributed by atoms with Crippen LogP contribution in [0.25, 0.3) is 0 Å². The van der Waals surface area contributed by atoms with Gasteiger partial charge in [0.25, 0.3) is 0 Å². The van der Waals surface area contributed by atoms with E-state index in [0.717, 1.165) is 13.2 Å². The number of ether oxygens (including phenoxy) is 1. The number of benzene rings is 1. The summed E-state index contributed by atoms with van der Waals surface area (Å²) in [6.07, 6.45) is 0. The minimum atomic E-state index is -1.05. The van der Waals surface area contributed by atoms with E-state index in [1.165, 1.54) is 0 Å². The van der Waals surface area contributed by atoms with Gasteiger partial charge in [-0.25, -0.2) is 13.6 Å². The van der Waals surface area contributed by atoms with Crippen LogP contribution in [-0.4, -0.2) is 24.3 Å². The second kappa shape index (κ2) is 5.72. The van der Waals surface area contributed by atoms with Crippen LogP contribution in [0.2, 0.25) is 0 Å². The third-order valence-corrected chi connectivity index (χ3v) is 2.37. The van der Waals surface area contributed by atoms with Crippen molar-refractivity contribution in [1.29, 1.82) is 0 Å². The monoisotopic (exact) mass is 307 g/mol. The Morgan fingerprint density at radius 2 is 2.00 bits per heavy atom. The Morgan fingerprint density at radius 1 is 1.35 bits per heavy atom. The molecular formula is C10H8BrF2NO3. The summed E-state index contributed by atoms with van der Waals surface area (Å²) >= 11 is 2.87. The van der Waals surface area contributed by atoms with Crippen LogP contribution in [0.3, 0.4) is 0 Å². The maximum atomic E-state index is 13.3. The first kappa shape index (κ1) is 13.6. The lowest BCUT2D eigenvalue weighted by Crippen LogP contribution is -2.15. The minimum absolute atomic E-state index is 0.0443. The van der Waals surface area contributed by atoms with Crippen molar-refractivity contribution >= 4 is 33.5 Å². The average Bonchev–Trinajstić information content (AvgIpc) is 2.31. The largest absolute Gasteiger partial charge is 0.465 e. The van der Waals surface area contributed by atoms with Gasteiger partial charge in [0.05, 0.1) is 23.7 Å². The predicted octanol–water partition coefficient (Wildman–Crippen LogP) is 2.08. The Kier molecular flexibility index (Phi) is 4.56. The number of alkyl halides is 1. The van der Waals surface area contributed by atoms with E-state index >= 15 is 0 Å². The number of esters is 1. The molecule has 0 heterocycles. The molecule has 1 rings (SSSR count). The Bertz CT molecular complexity index is 465. The molecule has 0 unspecified atom stereocenters. The maximum absolute atomic E-state index is 13.3. The summed E-state index contributed by atoms with van der Waals surface area (Å²) in [5.41, 5.74) is -0.727. The summed E-state index contributed by atoms with van der Waals surface area (Å²) < 4.78 is 30.8. The van der Waals surface area contributed by atoms with Gasteiger partial charge < -0.3 is 10.1 Å². The number of carbonyl (C=O) groups excluding carboxylic acids is 2. The number of hydrogen-bond donors (Lipinski definition) is 1. The second-order valence-corrected chi connectivity index (χ2v) is 3.55. The minimum Gasteiger partial charge on any atom is -0.465 e. The number of halogens is 3. The summed E-state index contributed by atoms with van der Waals surface area (Å²) in [4.78, 5) is 22.2. The molecule has 0 aliphatic rings. The van der Waals surface area contributed by atoms with Crippen LogP contribution in [0, 0.1) is 11.6 Å². The lowest BCUT2D eigenvalue weighted by Gasteiger charge is -2.07. The molecule has 17 heavy (non-hydrogen) atoms. The first-order valence-corrected chi connectivity index (χ1v) is 5.55. The van der Waals surface area contributed by atoms with Crippen molar-refractivity contribution in [3.63, 3.8) is 0 Å². The van der Waals surface area contributed by atoms with Crippen molar-refractivity contribution in [1.82, 2.24) is 0 Å². The van der Waals surface area contributed by atoms with Gasteiger partial charge in [0, 0.05) is 6.07 Å². The van der Waals surface area contributed by atoms with E-state index in [-0.39, 0.29) is 11.0 Å². The van der Waals surface area contributed by atoms with Gasteiger partial charge in [-0.05, 0) is 6.07 Å². The molecule has 1 aromatic carbocycles. The van der Waals surface area contributed by atoms with Gasteiger partial charge in [-0.1, -0.05) is 15.9 Å². The molecular weight excluding hydrogens is 300 g/mol. The lowest BCUT2D eigenvalue weighted by atomic mass is 10.1. The fraction of sp³-hybridized carbons (Fsp3) is 0.200. The average molecular weight is 308 g/mol. The number of carbonyl (C=O) groups is 2. The Balaban J connectivity index is 3.14. The van der Waals surface area contributed by atoms with Crippen LogP contribution in [0.5, 0.6) is 0 Å². The Labute approximate surface area is 104 Å². The number of methoxy groups -OCH3 is 1. The van der Waals surface area contributed by atoms with Gasteiger partial charge in [-0.3, -0.25) is 4.79 Å². The van der Waals surface area contributed by atoms with Gasteiger partial charge in [0.2, 0.25) is 5.91 Å². The molecule has 0 aliphatic carbocycles. The van der Waals surface area contributed by atoms with E-state index in [4.69, 9.17) is 0 Å². The summed E-state index contributed by atoms with van der Waals surface area (Å²) in [5, 5.41) is 2.13. The first-order chi connectivity index (χ1) is 7.99. The van der Waals surface area contributed by atoms with Crippen LogP contribution in [0.1, 0.15) is 10.4 Å². The first-order valence-electron chi connectivity index (χ1n) is 4.42. The molecule has 4 nitrogen and oxygen atoms in total. The maximum Gasteiger partial charge on any atom is 0.340 e. The molecule has 0 aromatic heterocycles. The molecule has 1 amide bonds. The molecule has 0 radical (unpaired) electrons. The van der Waals surface area contributed by atoms with Gasteiger partial charge >= 0.3 is 5.97 Å². The number of hydrogen-bond acceptors (Lipinski definition) is 3. The molecule has 0 fully saturated rings. The molecule has 0 spiro atoms. The summed E-state index contributed by atoms with van der Waals surface area (Å²) in [5.74, 6) is -3.49. The van der Waals surface area contributed by atoms with E-state index in [0.29, 0.717) is 6.07 Å². The van der Waals surface area contributed by atoms with E-state index in [1.807, 2.05) is 0 Å². The molecule has 0 saturated carbocycles. The van der Waals surface area contributed by atoms with Crippen LogP contribution in [0.4, 0.5) is 14.5 Å². The quantitative estimate of drug-likeness (QED) is 0.687. The van der Waals surface area contributed by atoms with Crippen LogP contribution in [0.15, 0.2) is 12.1 Å². The topological polar surface area (TPSA) is 55.4 Å². The number of amides is 1. The van der Waals surface area contributed by atoms with Gasteiger partial charge in [0.1, 0.15) is 11.6 Å². The lowest BCUT2D eigenvalue weighted by molar-refractivity contribution is -0.113. The zero-order valence-electron chi connectivity index (χ0n) is 8.72. The van der Waals surface area contributed by atoms with Crippen molar-refractivity contribution in [2.24, 2.45) is 0 Å². The van der Waals surface area contributed by atoms with Gasteiger partial charge in [0.15, 0.2) is 0 Å². The van der Waals surface area contributed by atoms with Crippen molar-refractivity contribution in [2.45, 2.75) is 0 Å². The Morgan fingerprint density at radius 3 is 2.53 bits per heavy atom. The zero-order chi connectivity index (χ0) is 13.0. The number of anilines is 1. The van der Waals surface area contributed by atoms with Crippen LogP contribution < -0.4 is 5.32 Å². The van der Waals surface area contributed by atoms with Crippen LogP contribution in [-0.2, 0) is 9.53 Å². The van der Waals surface area contributed by atoms with Crippen molar-refractivity contribution in [3.05, 3.63) is 29.3 Å². The zero-order valence-corrected chi connectivity index (χ0v) is 10.3. The Hall–Kier alpha value is -1.50. The number of nitrogens with one attached hydrogen (secondary N) is 1. The highest BCUT2D eigenvalue weighted by molar-refractivity contribution is 9.09. The molecule has 0 aliphatic heterocycles. The van der Waals surface area contributed by atoms with Gasteiger partial charge in [-0.15, -0.1) is 0 Å². The standard InChI is InChI=1S/C10H8BrF2NO3/c1-17-10(16)5-2-8(14-9(15)4-11)7(13)3-6(5)12/h2-3H,4H2,1H3,(H,14,15). The predicted molar refractivity (Wildman–Crippen MR) is 60.1 cm³/mol. The summed E-state index contributed by atoms with van der Waals surface area (Å²) in [6, 6.07) is 1.40. The third-order valence-electron chi connectivity index (χ3n) is 1.86. The highest BCUT2D eigenvalue weighted by Gasteiger charge is 2.17. The van der Waals surface area contributed by atoms with Crippen molar-refractivity contribution < 1.29 is 23.1 Å². The molecule has 0 atom stereocenters. The van der Waals surface area contributed by atoms with Crippen molar-refractivity contribution in [3.8, 4) is 0 Å². The van der Waals surface area contributed by atoms with E-state index in [2.05, 4.69) is 26.0 Å². The third kappa shape index (κ3) is 3.23. The van der Waals surface area contributed by atoms with E-state index in [1.54, 1.807) is 0 Å². The smallest absolute Gasteiger partial charge is 0.340 e. The molecule has 0 bridgehead atoms. The molecule has 92 valence electrons. The highest BCUT2D eigenvalue weighted by atomic mass is 79.9. The fourth-order valence-electron chi connectivity index (χ4n) is 1.09. The molecule has 7 heteroatoms. The molecule has 1 N–H and O–H groups in total. The van der Waals surface area contributed by atoms with Crippen LogP contribution >= 0.6 is 15.9 Å². The second-order valence-electron chi connectivity index (χ2n) is 2.99. The molecule has 0 saturated heterocycles. The fourth-order valence-corrected chi connectivity index (χ4v) is 1.23. The van der Waals surface area contributed by atoms with Crippen molar-refractivity contribution in [2.75, 3.05) is 17.8 Å².